The Morgan fingerprint density at radius 1 is 1.00 bits per heavy atom. The standard InChI is InChI=1S/C13H11F2NO2S/c1-9-2-5-11(6-3-9)19(17,18)16-13-7-4-10(14)8-12(13)15/h2-8,16H,1H3. The Labute approximate surface area is 109 Å². The number of rotatable bonds is 3. The summed E-state index contributed by atoms with van der Waals surface area (Å²) in [5, 5.41) is 0. The smallest absolute Gasteiger partial charge is 0.261 e. The second-order valence-corrected chi connectivity index (χ2v) is 5.73. The van der Waals surface area contributed by atoms with Crippen molar-refractivity contribution in [1.82, 2.24) is 0 Å². The molecule has 0 saturated carbocycles. The number of aryl methyl sites for hydroxylation is 1. The zero-order chi connectivity index (χ0) is 14.0. The Balaban J connectivity index is 2.33. The van der Waals surface area contributed by atoms with Gasteiger partial charge < -0.3 is 0 Å². The van der Waals surface area contributed by atoms with Gasteiger partial charge in [0.25, 0.3) is 10.0 Å². The summed E-state index contributed by atoms with van der Waals surface area (Å²) in [6.07, 6.45) is 0. The molecule has 0 unspecified atom stereocenters. The molecule has 0 fully saturated rings. The third kappa shape index (κ3) is 3.08. The fourth-order valence-corrected chi connectivity index (χ4v) is 2.56. The van der Waals surface area contributed by atoms with E-state index in [0.717, 1.165) is 17.7 Å². The van der Waals surface area contributed by atoms with Crippen molar-refractivity contribution in [1.29, 1.82) is 0 Å². The van der Waals surface area contributed by atoms with E-state index in [2.05, 4.69) is 4.72 Å². The number of sulfonamides is 1. The average Bonchev–Trinajstić information content (AvgIpc) is 2.33. The molecular formula is C13H11F2NO2S. The number of hydrogen-bond donors (Lipinski definition) is 1. The van der Waals surface area contributed by atoms with Crippen LogP contribution in [0, 0.1) is 18.6 Å². The summed E-state index contributed by atoms with van der Waals surface area (Å²) < 4.78 is 52.2. The Morgan fingerprint density at radius 3 is 2.21 bits per heavy atom. The molecule has 0 aliphatic rings. The topological polar surface area (TPSA) is 46.2 Å². The van der Waals surface area contributed by atoms with Crippen molar-refractivity contribution in [3.8, 4) is 0 Å². The van der Waals surface area contributed by atoms with Crippen molar-refractivity contribution in [2.45, 2.75) is 11.8 Å². The average molecular weight is 283 g/mol. The van der Waals surface area contributed by atoms with Crippen molar-refractivity contribution in [3.63, 3.8) is 0 Å². The van der Waals surface area contributed by atoms with Crippen LogP contribution in [-0.4, -0.2) is 8.42 Å². The summed E-state index contributed by atoms with van der Waals surface area (Å²) >= 11 is 0. The Morgan fingerprint density at radius 2 is 1.63 bits per heavy atom. The molecule has 3 nitrogen and oxygen atoms in total. The van der Waals surface area contributed by atoms with Crippen molar-refractivity contribution >= 4 is 15.7 Å². The molecule has 0 amide bonds. The molecule has 2 aromatic rings. The van der Waals surface area contributed by atoms with Gasteiger partial charge in [0.1, 0.15) is 11.6 Å². The first-order chi connectivity index (χ1) is 8.88. The van der Waals surface area contributed by atoms with E-state index in [1.165, 1.54) is 12.1 Å². The van der Waals surface area contributed by atoms with E-state index >= 15 is 0 Å². The zero-order valence-corrected chi connectivity index (χ0v) is 10.8. The molecule has 6 heteroatoms. The molecule has 0 atom stereocenters. The van der Waals surface area contributed by atoms with Gasteiger partial charge in [-0.3, -0.25) is 4.72 Å². The van der Waals surface area contributed by atoms with Crippen LogP contribution < -0.4 is 4.72 Å². The second-order valence-electron chi connectivity index (χ2n) is 4.04. The van der Waals surface area contributed by atoms with Crippen LogP contribution in [0.5, 0.6) is 0 Å². The van der Waals surface area contributed by atoms with Gasteiger partial charge in [-0.15, -0.1) is 0 Å². The van der Waals surface area contributed by atoms with Gasteiger partial charge in [0, 0.05) is 6.07 Å². The van der Waals surface area contributed by atoms with Gasteiger partial charge in [-0.05, 0) is 31.2 Å². The van der Waals surface area contributed by atoms with E-state index in [0.29, 0.717) is 6.07 Å². The van der Waals surface area contributed by atoms with Crippen LogP contribution in [0.25, 0.3) is 0 Å². The number of hydrogen-bond acceptors (Lipinski definition) is 2. The minimum atomic E-state index is -3.88. The maximum absolute atomic E-state index is 13.4. The van der Waals surface area contributed by atoms with E-state index < -0.39 is 21.7 Å². The van der Waals surface area contributed by atoms with Crippen molar-refractivity contribution in [3.05, 3.63) is 59.7 Å². The van der Waals surface area contributed by atoms with Crippen LogP contribution in [0.4, 0.5) is 14.5 Å². The molecule has 0 heterocycles. The first-order valence-electron chi connectivity index (χ1n) is 5.43. The fourth-order valence-electron chi connectivity index (χ4n) is 1.49. The van der Waals surface area contributed by atoms with Crippen LogP contribution in [0.3, 0.4) is 0 Å². The second kappa shape index (κ2) is 4.97. The third-order valence-electron chi connectivity index (χ3n) is 2.51. The highest BCUT2D eigenvalue weighted by Crippen LogP contribution is 2.20. The van der Waals surface area contributed by atoms with Gasteiger partial charge >= 0.3 is 0 Å². The minimum absolute atomic E-state index is 0.0156. The first-order valence-corrected chi connectivity index (χ1v) is 6.91. The highest BCUT2D eigenvalue weighted by molar-refractivity contribution is 7.92. The molecule has 2 rings (SSSR count). The maximum atomic E-state index is 13.4. The fraction of sp³-hybridized carbons (Fsp3) is 0.0769. The van der Waals surface area contributed by atoms with Gasteiger partial charge in [0.15, 0.2) is 0 Å². The molecule has 0 aliphatic heterocycles. The molecule has 0 bridgehead atoms. The number of halogens is 2. The van der Waals surface area contributed by atoms with E-state index in [1.807, 2.05) is 6.92 Å². The molecule has 2 aromatic carbocycles. The summed E-state index contributed by atoms with van der Waals surface area (Å²) in [7, 11) is -3.88. The quantitative estimate of drug-likeness (QED) is 0.941. The lowest BCUT2D eigenvalue weighted by Gasteiger charge is -2.09. The monoisotopic (exact) mass is 283 g/mol. The van der Waals surface area contributed by atoms with Crippen molar-refractivity contribution in [2.24, 2.45) is 0 Å². The number of benzene rings is 2. The van der Waals surface area contributed by atoms with Gasteiger partial charge in [-0.1, -0.05) is 17.7 Å². The highest BCUT2D eigenvalue weighted by atomic mass is 32.2. The Hall–Kier alpha value is -1.95. The molecule has 100 valence electrons. The van der Waals surface area contributed by atoms with Crippen molar-refractivity contribution in [2.75, 3.05) is 4.72 Å². The summed E-state index contributed by atoms with van der Waals surface area (Å²) in [5.41, 5.74) is 0.619. The van der Waals surface area contributed by atoms with Crippen LogP contribution in [0.1, 0.15) is 5.56 Å². The summed E-state index contributed by atoms with van der Waals surface area (Å²) in [5.74, 6) is -1.73. The van der Waals surface area contributed by atoms with Crippen LogP contribution in [0.15, 0.2) is 47.4 Å². The van der Waals surface area contributed by atoms with Crippen LogP contribution in [0.2, 0.25) is 0 Å². The highest BCUT2D eigenvalue weighted by Gasteiger charge is 2.16. The molecule has 1 N–H and O–H groups in total. The Bertz CT molecular complexity index is 697. The van der Waals surface area contributed by atoms with Crippen LogP contribution in [-0.2, 0) is 10.0 Å². The molecule has 19 heavy (non-hydrogen) atoms. The lowest BCUT2D eigenvalue weighted by molar-refractivity contribution is 0.583. The normalized spacial score (nSPS) is 11.3. The summed E-state index contributed by atoms with van der Waals surface area (Å²) in [4.78, 5) is 0.0156. The summed E-state index contributed by atoms with van der Waals surface area (Å²) in [6, 6.07) is 8.74. The molecule has 0 aliphatic carbocycles. The lowest BCUT2D eigenvalue weighted by atomic mass is 10.2. The number of nitrogens with one attached hydrogen (secondary N) is 1. The predicted molar refractivity (Wildman–Crippen MR) is 68.3 cm³/mol. The van der Waals surface area contributed by atoms with Crippen LogP contribution >= 0.6 is 0 Å². The maximum Gasteiger partial charge on any atom is 0.261 e. The largest absolute Gasteiger partial charge is 0.277 e. The van der Waals surface area contributed by atoms with Gasteiger partial charge in [-0.2, -0.15) is 0 Å². The summed E-state index contributed by atoms with van der Waals surface area (Å²) in [6.45, 7) is 1.82. The third-order valence-corrected chi connectivity index (χ3v) is 3.89. The van der Waals surface area contributed by atoms with Gasteiger partial charge in [-0.25, -0.2) is 17.2 Å². The first kappa shape index (κ1) is 13.5. The molecule has 0 spiro atoms. The molecule has 0 saturated heterocycles. The Kier molecular flexibility index (Phi) is 3.53. The van der Waals surface area contributed by atoms with Gasteiger partial charge in [0.2, 0.25) is 0 Å². The van der Waals surface area contributed by atoms with E-state index in [4.69, 9.17) is 0 Å². The van der Waals surface area contributed by atoms with E-state index in [-0.39, 0.29) is 10.6 Å². The van der Waals surface area contributed by atoms with E-state index in [9.17, 15) is 17.2 Å². The lowest BCUT2D eigenvalue weighted by Crippen LogP contribution is -2.14. The molecule has 0 aromatic heterocycles. The predicted octanol–water partition coefficient (Wildman–Crippen LogP) is 3.07. The molecular weight excluding hydrogens is 272 g/mol. The van der Waals surface area contributed by atoms with E-state index in [1.54, 1.807) is 12.1 Å². The molecule has 0 radical (unpaired) electrons. The van der Waals surface area contributed by atoms with Gasteiger partial charge in [0.05, 0.1) is 10.6 Å². The number of anilines is 1. The minimum Gasteiger partial charge on any atom is -0.277 e. The SMILES string of the molecule is Cc1ccc(S(=O)(=O)Nc2ccc(F)cc2F)cc1. The van der Waals surface area contributed by atoms with Crippen molar-refractivity contribution < 1.29 is 17.2 Å². The zero-order valence-electron chi connectivity index (χ0n) is 10.0.